The summed E-state index contributed by atoms with van der Waals surface area (Å²) in [5.41, 5.74) is -3.05. The molecule has 1 heterocycles. The van der Waals surface area contributed by atoms with E-state index in [0.717, 1.165) is 36.2 Å². The monoisotopic (exact) mass is 447 g/mol. The van der Waals surface area contributed by atoms with Gasteiger partial charge in [0.05, 0.1) is 23.4 Å². The second kappa shape index (κ2) is 8.19. The van der Waals surface area contributed by atoms with E-state index in [1.54, 1.807) is 5.32 Å². The van der Waals surface area contributed by atoms with Crippen molar-refractivity contribution < 1.29 is 27.5 Å². The number of nitrogens with zero attached hydrogens (tertiary/aromatic N) is 1. The maximum atomic E-state index is 14.1. The zero-order valence-corrected chi connectivity index (χ0v) is 16.8. The van der Waals surface area contributed by atoms with Gasteiger partial charge in [0.1, 0.15) is 0 Å². The second-order valence-electron chi connectivity index (χ2n) is 6.39. The van der Waals surface area contributed by atoms with Crippen molar-refractivity contribution in [2.75, 3.05) is 12.4 Å². The summed E-state index contributed by atoms with van der Waals surface area (Å²) >= 11 is 6.94. The average Bonchev–Trinajstić information content (AvgIpc) is 3.08. The number of thiazole rings is 1. The molecule has 6 nitrogen and oxygen atoms in total. The van der Waals surface area contributed by atoms with Crippen LogP contribution in [0, 0.1) is 0 Å². The van der Waals surface area contributed by atoms with E-state index >= 15 is 0 Å². The Hall–Kier alpha value is -2.33. The van der Waals surface area contributed by atoms with E-state index in [9.17, 15) is 22.8 Å². The number of fused-ring (bicyclic) bond motifs is 1. The largest absolute Gasteiger partial charge is 0.466 e. The molecule has 29 heavy (non-hydrogen) atoms. The van der Waals surface area contributed by atoms with Crippen LogP contribution in [0.25, 0.3) is 0 Å². The van der Waals surface area contributed by atoms with E-state index < -0.39 is 23.7 Å². The fourth-order valence-electron chi connectivity index (χ4n) is 2.99. The fraction of sp³-hybridized carbons (Fsp3) is 0.389. The standard InChI is InChI=1S/C18H17ClF3N3O3S/c1-28-15(27)17(18(20,21)22,24-14(26)10-6-2-3-7-11(10)19)25-16-23-12-8-4-5-9-13(12)29-16/h2-3,6-7H,4-5,8-9H2,1H3,(H,23,25)(H,24,26). The normalized spacial score (nSPS) is 15.8. The van der Waals surface area contributed by atoms with Gasteiger partial charge in [-0.15, -0.1) is 11.3 Å². The summed E-state index contributed by atoms with van der Waals surface area (Å²) in [6.45, 7) is 0. The number of rotatable bonds is 5. The number of anilines is 1. The van der Waals surface area contributed by atoms with E-state index in [-0.39, 0.29) is 15.7 Å². The molecule has 0 saturated heterocycles. The number of halogens is 4. The van der Waals surface area contributed by atoms with Gasteiger partial charge in [0.25, 0.3) is 5.91 Å². The molecule has 1 aliphatic carbocycles. The number of aromatic nitrogens is 1. The highest BCUT2D eigenvalue weighted by Crippen LogP contribution is 2.37. The zero-order valence-electron chi connectivity index (χ0n) is 15.2. The lowest BCUT2D eigenvalue weighted by Crippen LogP contribution is -2.69. The van der Waals surface area contributed by atoms with Crippen molar-refractivity contribution in [2.24, 2.45) is 0 Å². The first kappa shape index (κ1) is 21.4. The topological polar surface area (TPSA) is 80.3 Å². The van der Waals surface area contributed by atoms with Crippen molar-refractivity contribution in [1.29, 1.82) is 0 Å². The molecule has 156 valence electrons. The molecule has 0 radical (unpaired) electrons. The van der Waals surface area contributed by atoms with Crippen molar-refractivity contribution in [3.63, 3.8) is 0 Å². The number of amides is 1. The van der Waals surface area contributed by atoms with Gasteiger partial charge < -0.3 is 15.4 Å². The van der Waals surface area contributed by atoms with Crippen LogP contribution in [0.15, 0.2) is 24.3 Å². The number of aryl methyl sites for hydroxylation is 2. The van der Waals surface area contributed by atoms with Gasteiger partial charge in [-0.2, -0.15) is 13.2 Å². The maximum absolute atomic E-state index is 14.1. The lowest BCUT2D eigenvalue weighted by atomic mass is 10.0. The molecular formula is C18H17ClF3N3O3S. The fourth-order valence-corrected chi connectivity index (χ4v) is 4.32. The molecule has 1 atom stereocenters. The third kappa shape index (κ3) is 4.18. The molecule has 0 spiro atoms. The van der Waals surface area contributed by atoms with Crippen LogP contribution in [0.4, 0.5) is 18.3 Å². The van der Waals surface area contributed by atoms with E-state index in [1.807, 2.05) is 0 Å². The van der Waals surface area contributed by atoms with Gasteiger partial charge in [-0.1, -0.05) is 23.7 Å². The Bertz CT molecular complexity index is 911. The van der Waals surface area contributed by atoms with Crippen LogP contribution in [-0.2, 0) is 22.4 Å². The highest BCUT2D eigenvalue weighted by molar-refractivity contribution is 7.15. The zero-order chi connectivity index (χ0) is 21.2. The first-order valence-corrected chi connectivity index (χ1v) is 9.86. The summed E-state index contributed by atoms with van der Waals surface area (Å²) in [5.74, 6) is -2.91. The first-order valence-electron chi connectivity index (χ1n) is 8.67. The third-order valence-corrected chi connectivity index (χ3v) is 5.88. The smallest absolute Gasteiger partial charge is 0.442 e. The van der Waals surface area contributed by atoms with Crippen LogP contribution in [-0.4, -0.2) is 35.8 Å². The summed E-state index contributed by atoms with van der Waals surface area (Å²) in [4.78, 5) is 29.9. The number of esters is 1. The Balaban J connectivity index is 2.01. The van der Waals surface area contributed by atoms with E-state index in [0.29, 0.717) is 18.5 Å². The first-order chi connectivity index (χ1) is 13.7. The van der Waals surface area contributed by atoms with Crippen molar-refractivity contribution >= 4 is 39.9 Å². The number of methoxy groups -OCH3 is 1. The highest BCUT2D eigenvalue weighted by Gasteiger charge is 2.64. The molecule has 11 heteroatoms. The van der Waals surface area contributed by atoms with Gasteiger partial charge in [-0.05, 0) is 37.8 Å². The van der Waals surface area contributed by atoms with Crippen LogP contribution < -0.4 is 10.6 Å². The summed E-state index contributed by atoms with van der Waals surface area (Å²) in [5, 5.41) is 3.65. The Morgan fingerprint density at radius 1 is 1.21 bits per heavy atom. The SMILES string of the molecule is COC(=O)C(NC(=O)c1ccccc1Cl)(Nc1nc2c(s1)CCCC2)C(F)(F)F. The van der Waals surface area contributed by atoms with Gasteiger partial charge in [0, 0.05) is 4.88 Å². The minimum atomic E-state index is -5.23. The number of nitrogens with one attached hydrogen (secondary N) is 2. The van der Waals surface area contributed by atoms with E-state index in [4.69, 9.17) is 11.6 Å². The van der Waals surface area contributed by atoms with Crippen LogP contribution in [0.5, 0.6) is 0 Å². The maximum Gasteiger partial charge on any atom is 0.442 e. The van der Waals surface area contributed by atoms with Gasteiger partial charge in [-0.3, -0.25) is 4.79 Å². The summed E-state index contributed by atoms with van der Waals surface area (Å²) in [7, 11) is 0.805. The molecule has 1 aliphatic rings. The molecule has 0 fully saturated rings. The van der Waals surface area contributed by atoms with Gasteiger partial charge in [0.15, 0.2) is 5.13 Å². The minimum absolute atomic E-state index is 0.0596. The van der Waals surface area contributed by atoms with Gasteiger partial charge in [0.2, 0.25) is 0 Å². The molecule has 1 unspecified atom stereocenters. The van der Waals surface area contributed by atoms with Gasteiger partial charge in [-0.25, -0.2) is 9.78 Å². The molecule has 1 amide bonds. The molecule has 1 aromatic heterocycles. The van der Waals surface area contributed by atoms with Gasteiger partial charge >= 0.3 is 17.8 Å². The Kier molecular flexibility index (Phi) is 6.04. The number of ether oxygens (including phenoxy) is 1. The number of carbonyl (C=O) groups is 2. The van der Waals surface area contributed by atoms with Crippen molar-refractivity contribution in [1.82, 2.24) is 10.3 Å². The van der Waals surface area contributed by atoms with Crippen LogP contribution >= 0.6 is 22.9 Å². The lowest BCUT2D eigenvalue weighted by Gasteiger charge is -2.34. The molecule has 0 bridgehead atoms. The summed E-state index contributed by atoms with van der Waals surface area (Å²) in [6.07, 6.45) is -2.07. The molecule has 2 aromatic rings. The molecule has 0 saturated carbocycles. The lowest BCUT2D eigenvalue weighted by molar-refractivity contribution is -0.203. The van der Waals surface area contributed by atoms with Crippen molar-refractivity contribution in [2.45, 2.75) is 37.5 Å². The van der Waals surface area contributed by atoms with Crippen LogP contribution in [0.2, 0.25) is 5.02 Å². The molecule has 2 N–H and O–H groups in total. The average molecular weight is 448 g/mol. The van der Waals surface area contributed by atoms with Crippen molar-refractivity contribution in [3.05, 3.63) is 45.4 Å². The highest BCUT2D eigenvalue weighted by atomic mass is 35.5. The number of alkyl halides is 3. The van der Waals surface area contributed by atoms with Crippen LogP contribution in [0.3, 0.4) is 0 Å². The molecular weight excluding hydrogens is 431 g/mol. The minimum Gasteiger partial charge on any atom is -0.466 e. The van der Waals surface area contributed by atoms with E-state index in [2.05, 4.69) is 15.0 Å². The Morgan fingerprint density at radius 3 is 2.52 bits per heavy atom. The van der Waals surface area contributed by atoms with Crippen LogP contribution in [0.1, 0.15) is 33.8 Å². The third-order valence-electron chi connectivity index (χ3n) is 4.48. The van der Waals surface area contributed by atoms with Crippen molar-refractivity contribution in [3.8, 4) is 0 Å². The predicted octanol–water partition coefficient (Wildman–Crippen LogP) is 3.95. The number of benzene rings is 1. The quantitative estimate of drug-likeness (QED) is 0.536. The summed E-state index contributed by atoms with van der Waals surface area (Å²) in [6, 6.07) is 5.57. The second-order valence-corrected chi connectivity index (χ2v) is 7.89. The Labute approximate surface area is 173 Å². The Morgan fingerprint density at radius 2 is 1.90 bits per heavy atom. The molecule has 1 aromatic carbocycles. The number of hydrogen-bond donors (Lipinski definition) is 2. The molecule has 3 rings (SSSR count). The van der Waals surface area contributed by atoms with E-state index in [1.165, 1.54) is 24.3 Å². The number of carbonyl (C=O) groups excluding carboxylic acids is 2. The summed E-state index contributed by atoms with van der Waals surface area (Å²) < 4.78 is 46.8. The number of hydrogen-bond acceptors (Lipinski definition) is 6. The molecule has 0 aliphatic heterocycles. The predicted molar refractivity (Wildman–Crippen MR) is 102 cm³/mol.